The first kappa shape index (κ1) is 35.3. The van der Waals surface area contributed by atoms with Crippen LogP contribution in [0.1, 0.15) is 67.5 Å². The number of alkyl halides is 6. The summed E-state index contributed by atoms with van der Waals surface area (Å²) in [5.41, 5.74) is -2.27. The number of likely N-dealkylation sites (tertiary alicyclic amines) is 1. The summed E-state index contributed by atoms with van der Waals surface area (Å²) >= 11 is 0. The van der Waals surface area contributed by atoms with Gasteiger partial charge in [0.25, 0.3) is 0 Å². The number of aryl methyl sites for hydroxylation is 1. The predicted molar refractivity (Wildman–Crippen MR) is 157 cm³/mol. The molecule has 2 aliphatic heterocycles. The first-order valence-corrected chi connectivity index (χ1v) is 15.1. The van der Waals surface area contributed by atoms with Gasteiger partial charge in [-0.3, -0.25) is 4.90 Å². The van der Waals surface area contributed by atoms with Gasteiger partial charge in [-0.05, 0) is 94.0 Å². The number of urea groups is 1. The maximum absolute atomic E-state index is 14.0. The average molecular weight is 661 g/mol. The van der Waals surface area contributed by atoms with E-state index in [1.165, 1.54) is 12.1 Å². The Bertz CT molecular complexity index is 1370. The van der Waals surface area contributed by atoms with Gasteiger partial charge < -0.3 is 19.9 Å². The van der Waals surface area contributed by atoms with Gasteiger partial charge >= 0.3 is 24.5 Å². The van der Waals surface area contributed by atoms with Gasteiger partial charge in [-0.25, -0.2) is 14.0 Å². The molecule has 254 valence electrons. The van der Waals surface area contributed by atoms with Crippen LogP contribution in [0, 0.1) is 12.7 Å². The fourth-order valence-electron chi connectivity index (χ4n) is 6.00. The third kappa shape index (κ3) is 9.04. The van der Waals surface area contributed by atoms with E-state index in [9.17, 15) is 40.3 Å². The summed E-state index contributed by atoms with van der Waals surface area (Å²) in [4.78, 5) is 31.4. The molecule has 1 N–H and O–H groups in total. The van der Waals surface area contributed by atoms with E-state index < -0.39 is 47.0 Å². The van der Waals surface area contributed by atoms with Gasteiger partial charge in [-0.15, -0.1) is 0 Å². The number of benzene rings is 2. The van der Waals surface area contributed by atoms with Crippen molar-refractivity contribution in [1.29, 1.82) is 0 Å². The topological polar surface area (TPSA) is 65.1 Å². The van der Waals surface area contributed by atoms with Crippen molar-refractivity contribution < 1.29 is 45.1 Å². The molecule has 14 heteroatoms. The third-order valence-electron chi connectivity index (χ3n) is 8.25. The Labute approximate surface area is 263 Å². The zero-order valence-corrected chi connectivity index (χ0v) is 26.2. The largest absolute Gasteiger partial charge is 0.444 e. The van der Waals surface area contributed by atoms with E-state index in [2.05, 4.69) is 10.2 Å². The summed E-state index contributed by atoms with van der Waals surface area (Å²) in [6.07, 6.45) is -9.46. The number of amides is 3. The molecule has 3 amide bonds. The van der Waals surface area contributed by atoms with Crippen LogP contribution in [0.2, 0.25) is 0 Å². The third-order valence-corrected chi connectivity index (χ3v) is 8.25. The molecule has 0 saturated carbocycles. The van der Waals surface area contributed by atoms with Crippen LogP contribution in [-0.2, 0) is 23.5 Å². The molecule has 4 rings (SSSR count). The van der Waals surface area contributed by atoms with E-state index in [-0.39, 0.29) is 36.7 Å². The monoisotopic (exact) mass is 660 g/mol. The van der Waals surface area contributed by atoms with Crippen LogP contribution in [0.4, 0.5) is 40.3 Å². The minimum absolute atomic E-state index is 0.0465. The Morgan fingerprint density at radius 1 is 0.891 bits per heavy atom. The Balaban J connectivity index is 1.45. The molecule has 2 saturated heterocycles. The Kier molecular flexibility index (Phi) is 10.5. The molecule has 0 aromatic heterocycles. The predicted octanol–water partition coefficient (Wildman–Crippen LogP) is 7.18. The highest BCUT2D eigenvalue weighted by molar-refractivity contribution is 5.75. The number of nitrogens with one attached hydrogen (secondary N) is 1. The quantitative estimate of drug-likeness (QED) is 0.345. The summed E-state index contributed by atoms with van der Waals surface area (Å²) in [6, 6.07) is 4.75. The molecule has 0 bridgehead atoms. The summed E-state index contributed by atoms with van der Waals surface area (Å²) in [5, 5.41) is 2.66. The number of ether oxygens (including phenoxy) is 1. The maximum Gasteiger partial charge on any atom is 0.416 e. The molecular formula is C32H39F7N4O3. The number of carbonyl (C=O) groups excluding carboxylic acids is 2. The highest BCUT2D eigenvalue weighted by Crippen LogP contribution is 2.37. The highest BCUT2D eigenvalue weighted by Gasteiger charge is 2.39. The lowest BCUT2D eigenvalue weighted by atomic mass is 9.88. The molecule has 0 aliphatic carbocycles. The molecule has 0 unspecified atom stereocenters. The summed E-state index contributed by atoms with van der Waals surface area (Å²) in [6.45, 7) is 9.41. The average Bonchev–Trinajstić information content (AvgIpc) is 2.95. The fraction of sp³-hybridized carbons (Fsp3) is 0.562. The van der Waals surface area contributed by atoms with Gasteiger partial charge in [0, 0.05) is 45.3 Å². The molecule has 0 radical (unpaired) electrons. The molecular weight excluding hydrogens is 621 g/mol. The number of carbonyl (C=O) groups is 2. The van der Waals surface area contributed by atoms with E-state index in [1.807, 2.05) is 0 Å². The smallest absolute Gasteiger partial charge is 0.416 e. The molecule has 2 aromatic carbocycles. The number of halogens is 7. The summed E-state index contributed by atoms with van der Waals surface area (Å²) in [5.74, 6) is -0.429. The normalized spacial score (nSPS) is 20.1. The number of nitrogens with zero attached hydrogens (tertiary/aromatic N) is 3. The molecule has 2 fully saturated rings. The van der Waals surface area contributed by atoms with E-state index in [1.54, 1.807) is 43.6 Å². The van der Waals surface area contributed by atoms with Gasteiger partial charge in [0.2, 0.25) is 0 Å². The Hall–Kier alpha value is -3.55. The zero-order valence-electron chi connectivity index (χ0n) is 26.2. The van der Waals surface area contributed by atoms with Gasteiger partial charge in [0.05, 0.1) is 17.2 Å². The van der Waals surface area contributed by atoms with Crippen LogP contribution in [0.15, 0.2) is 36.4 Å². The Morgan fingerprint density at radius 2 is 1.50 bits per heavy atom. The summed E-state index contributed by atoms with van der Waals surface area (Å²) < 4.78 is 99.1. The van der Waals surface area contributed by atoms with Crippen LogP contribution in [-0.4, -0.2) is 77.7 Å². The zero-order chi connectivity index (χ0) is 34.0. The lowest BCUT2D eigenvalue weighted by molar-refractivity contribution is -0.143. The van der Waals surface area contributed by atoms with Crippen molar-refractivity contribution in [2.45, 2.75) is 77.0 Å². The molecule has 2 aliphatic rings. The number of rotatable bonds is 5. The second kappa shape index (κ2) is 13.7. The van der Waals surface area contributed by atoms with Crippen LogP contribution >= 0.6 is 0 Å². The standard InChI is InChI=1S/C32H39F7N4O3/c1-20-15-24(33)5-6-26(20)27-19-25(41-11-13-42(14-12-41)29(45)46-30(2,3)4)8-10-43(27)28(44)40-9-7-21-16-22(31(34,35)36)18-23(17-21)32(37,38)39/h5-6,15-18,25,27H,7-14,19H2,1-4H3,(H,40,44)/t25-,27+/m0/s1. The highest BCUT2D eigenvalue weighted by atomic mass is 19.4. The molecule has 2 aromatic rings. The molecule has 0 spiro atoms. The minimum atomic E-state index is -4.97. The number of hydrogen-bond donors (Lipinski definition) is 1. The Morgan fingerprint density at radius 3 is 2.04 bits per heavy atom. The first-order chi connectivity index (χ1) is 21.3. The van der Waals surface area contributed by atoms with E-state index in [0.717, 1.165) is 5.56 Å². The first-order valence-electron chi connectivity index (χ1n) is 15.1. The van der Waals surface area contributed by atoms with Crippen LogP contribution in [0.25, 0.3) is 0 Å². The second-order valence-corrected chi connectivity index (χ2v) is 12.8. The van der Waals surface area contributed by atoms with Crippen molar-refractivity contribution in [3.05, 3.63) is 70.0 Å². The SMILES string of the molecule is Cc1cc(F)ccc1[C@H]1C[C@@H](N2CCN(C(=O)OC(C)(C)C)CC2)CCN1C(=O)NCCc1cc(C(F)(F)F)cc(C(F)(F)F)c1. The van der Waals surface area contributed by atoms with Crippen molar-refractivity contribution in [2.24, 2.45) is 0 Å². The van der Waals surface area contributed by atoms with Gasteiger partial charge in [0.15, 0.2) is 0 Å². The summed E-state index contributed by atoms with van der Waals surface area (Å²) in [7, 11) is 0. The van der Waals surface area contributed by atoms with Crippen molar-refractivity contribution in [2.75, 3.05) is 39.3 Å². The van der Waals surface area contributed by atoms with Crippen molar-refractivity contribution in [1.82, 2.24) is 20.0 Å². The minimum Gasteiger partial charge on any atom is -0.444 e. The molecule has 2 atom stereocenters. The number of hydrogen-bond acceptors (Lipinski definition) is 4. The van der Waals surface area contributed by atoms with E-state index in [0.29, 0.717) is 63.3 Å². The van der Waals surface area contributed by atoms with Gasteiger partial charge in [-0.1, -0.05) is 6.07 Å². The lowest BCUT2D eigenvalue weighted by Crippen LogP contribution is -2.56. The van der Waals surface area contributed by atoms with Crippen LogP contribution in [0.5, 0.6) is 0 Å². The van der Waals surface area contributed by atoms with E-state index >= 15 is 0 Å². The van der Waals surface area contributed by atoms with Gasteiger partial charge in [-0.2, -0.15) is 26.3 Å². The van der Waals surface area contributed by atoms with Crippen molar-refractivity contribution >= 4 is 12.1 Å². The fourth-order valence-corrected chi connectivity index (χ4v) is 6.00. The molecule has 2 heterocycles. The van der Waals surface area contributed by atoms with E-state index in [4.69, 9.17) is 4.74 Å². The second-order valence-electron chi connectivity index (χ2n) is 12.8. The number of piperidine rings is 1. The van der Waals surface area contributed by atoms with Crippen LogP contribution in [0.3, 0.4) is 0 Å². The lowest BCUT2D eigenvalue weighted by Gasteiger charge is -2.46. The van der Waals surface area contributed by atoms with Crippen LogP contribution < -0.4 is 5.32 Å². The maximum atomic E-state index is 14.0. The molecule has 7 nitrogen and oxygen atoms in total. The van der Waals surface area contributed by atoms with Crippen molar-refractivity contribution in [3.63, 3.8) is 0 Å². The van der Waals surface area contributed by atoms with Gasteiger partial charge in [0.1, 0.15) is 11.4 Å². The number of piperazine rings is 1. The molecule has 46 heavy (non-hydrogen) atoms. The van der Waals surface area contributed by atoms with Crippen molar-refractivity contribution in [3.8, 4) is 0 Å².